The average molecular weight is 476 g/mol. The minimum absolute atomic E-state index is 0.285. The molecule has 0 radical (unpaired) electrons. The van der Waals surface area contributed by atoms with Crippen LogP contribution < -0.4 is 5.32 Å². The number of rotatable bonds is 11. The number of carboxylic acids is 1. The van der Waals surface area contributed by atoms with Gasteiger partial charge in [-0.05, 0) is 30.5 Å². The maximum absolute atomic E-state index is 10.2. The van der Waals surface area contributed by atoms with Crippen molar-refractivity contribution in [3.8, 4) is 0 Å². The van der Waals surface area contributed by atoms with Crippen molar-refractivity contribution in [3.05, 3.63) is 120 Å². The Bertz CT molecular complexity index is 967. The molecule has 5 heteroatoms. The van der Waals surface area contributed by atoms with Gasteiger partial charge in [-0.2, -0.15) is 0 Å². The standard InChI is InChI=1S/C22H29NO.C8H8O3/c1-4-6-17-23-18-19(3)22(24-5-2,20-13-9-7-10-14-20)21-15-11-8-12-16-21;9-7(8(10)11)6-4-2-1-3-5-6/h4,6-16,19,23H,5,17-18H2,1-3H3;1-5,7,9H,(H,10,11). The van der Waals surface area contributed by atoms with Gasteiger partial charge in [0.1, 0.15) is 5.60 Å². The summed E-state index contributed by atoms with van der Waals surface area (Å²) in [6.07, 6.45) is 2.80. The van der Waals surface area contributed by atoms with E-state index in [-0.39, 0.29) is 5.92 Å². The Morgan fingerprint density at radius 3 is 1.86 bits per heavy atom. The summed E-state index contributed by atoms with van der Waals surface area (Å²) in [4.78, 5) is 10.2. The van der Waals surface area contributed by atoms with Crippen LogP contribution in [0.2, 0.25) is 0 Å². The van der Waals surface area contributed by atoms with Crippen LogP contribution in [-0.2, 0) is 15.1 Å². The van der Waals surface area contributed by atoms with Crippen LogP contribution in [0.5, 0.6) is 0 Å². The van der Waals surface area contributed by atoms with Gasteiger partial charge >= 0.3 is 5.97 Å². The zero-order chi connectivity index (χ0) is 25.5. The molecule has 0 spiro atoms. The molecule has 2 unspecified atom stereocenters. The van der Waals surface area contributed by atoms with E-state index in [1.807, 2.05) is 6.92 Å². The molecule has 5 nitrogen and oxygen atoms in total. The first-order valence-electron chi connectivity index (χ1n) is 12.0. The Balaban J connectivity index is 0.000000328. The highest BCUT2D eigenvalue weighted by Gasteiger charge is 2.40. The molecular formula is C30H37NO4. The highest BCUT2D eigenvalue weighted by Crippen LogP contribution is 2.40. The summed E-state index contributed by atoms with van der Waals surface area (Å²) in [6, 6.07) is 29.4. The lowest BCUT2D eigenvalue weighted by atomic mass is 9.76. The average Bonchev–Trinajstić information content (AvgIpc) is 2.91. The molecule has 3 rings (SSSR count). The van der Waals surface area contributed by atoms with E-state index in [4.69, 9.17) is 14.9 Å². The first-order chi connectivity index (χ1) is 17.0. The molecule has 0 aliphatic rings. The monoisotopic (exact) mass is 475 g/mol. The molecule has 3 aromatic rings. The summed E-state index contributed by atoms with van der Waals surface area (Å²) in [5, 5.41) is 20.9. The van der Waals surface area contributed by atoms with Gasteiger partial charge in [0.2, 0.25) is 0 Å². The molecule has 0 aliphatic carbocycles. The zero-order valence-corrected chi connectivity index (χ0v) is 20.8. The number of aliphatic hydroxyl groups is 1. The van der Waals surface area contributed by atoms with Crippen LogP contribution in [0.15, 0.2) is 103 Å². The smallest absolute Gasteiger partial charge is 0.337 e. The Morgan fingerprint density at radius 1 is 0.943 bits per heavy atom. The molecule has 35 heavy (non-hydrogen) atoms. The van der Waals surface area contributed by atoms with Crippen molar-refractivity contribution >= 4 is 5.97 Å². The second-order valence-corrected chi connectivity index (χ2v) is 8.18. The van der Waals surface area contributed by atoms with Gasteiger partial charge in [0, 0.05) is 25.6 Å². The number of nitrogens with one attached hydrogen (secondary N) is 1. The van der Waals surface area contributed by atoms with Crippen molar-refractivity contribution in [2.75, 3.05) is 19.7 Å². The van der Waals surface area contributed by atoms with Crippen molar-refractivity contribution in [1.29, 1.82) is 0 Å². The fourth-order valence-electron chi connectivity index (χ4n) is 4.07. The van der Waals surface area contributed by atoms with Crippen LogP contribution in [0.3, 0.4) is 0 Å². The van der Waals surface area contributed by atoms with Crippen LogP contribution in [-0.4, -0.2) is 35.9 Å². The van der Waals surface area contributed by atoms with E-state index in [9.17, 15) is 4.79 Å². The number of benzene rings is 3. The van der Waals surface area contributed by atoms with Gasteiger partial charge in [0.05, 0.1) is 0 Å². The van der Waals surface area contributed by atoms with Gasteiger partial charge < -0.3 is 20.3 Å². The number of aliphatic carboxylic acids is 1. The van der Waals surface area contributed by atoms with Crippen molar-refractivity contribution in [2.45, 2.75) is 32.5 Å². The number of aliphatic hydroxyl groups excluding tert-OH is 1. The first-order valence-corrected chi connectivity index (χ1v) is 12.0. The third kappa shape index (κ3) is 7.89. The molecule has 3 aromatic carbocycles. The molecule has 0 saturated carbocycles. The minimum atomic E-state index is -1.41. The Morgan fingerprint density at radius 2 is 1.43 bits per heavy atom. The summed E-state index contributed by atoms with van der Waals surface area (Å²) in [7, 11) is 0. The molecular weight excluding hydrogens is 438 g/mol. The van der Waals surface area contributed by atoms with Gasteiger partial charge in [-0.3, -0.25) is 0 Å². The maximum Gasteiger partial charge on any atom is 0.337 e. The molecule has 0 bridgehead atoms. The largest absolute Gasteiger partial charge is 0.479 e. The summed E-state index contributed by atoms with van der Waals surface area (Å²) in [5.74, 6) is -0.941. The molecule has 3 N–H and O–H groups in total. The van der Waals surface area contributed by atoms with Gasteiger partial charge in [0.15, 0.2) is 6.10 Å². The van der Waals surface area contributed by atoms with E-state index < -0.39 is 17.7 Å². The summed E-state index contributed by atoms with van der Waals surface area (Å²) in [6.45, 7) is 8.81. The number of carboxylic acid groups (broad SMARTS) is 1. The van der Waals surface area contributed by atoms with E-state index in [0.29, 0.717) is 12.2 Å². The van der Waals surface area contributed by atoms with Crippen LogP contribution in [0.1, 0.15) is 43.6 Å². The third-order valence-corrected chi connectivity index (χ3v) is 5.77. The zero-order valence-electron chi connectivity index (χ0n) is 20.8. The van der Waals surface area contributed by atoms with Crippen molar-refractivity contribution in [3.63, 3.8) is 0 Å². The molecule has 186 valence electrons. The molecule has 0 aromatic heterocycles. The van der Waals surface area contributed by atoms with E-state index in [1.165, 1.54) is 11.1 Å². The number of hydrogen-bond acceptors (Lipinski definition) is 4. The Kier molecular flexibility index (Phi) is 11.9. The van der Waals surface area contributed by atoms with Crippen molar-refractivity contribution in [1.82, 2.24) is 5.32 Å². The molecule has 0 saturated heterocycles. The van der Waals surface area contributed by atoms with Crippen LogP contribution in [0.25, 0.3) is 0 Å². The quantitative estimate of drug-likeness (QED) is 0.249. The lowest BCUT2D eigenvalue weighted by molar-refractivity contribution is -0.146. The van der Waals surface area contributed by atoms with E-state index in [0.717, 1.165) is 13.1 Å². The molecule has 0 aliphatic heterocycles. The SMILES string of the molecule is CC=CCNCC(C)C(OCC)(c1ccccc1)c1ccccc1.O=C(O)C(O)c1ccccc1. The maximum atomic E-state index is 10.2. The fourth-order valence-corrected chi connectivity index (χ4v) is 4.07. The highest BCUT2D eigenvalue weighted by molar-refractivity contribution is 5.73. The van der Waals surface area contributed by atoms with E-state index in [2.05, 4.69) is 92.0 Å². The summed E-state index contributed by atoms with van der Waals surface area (Å²) < 4.78 is 6.46. The normalized spacial score (nSPS) is 13.0. The predicted octanol–water partition coefficient (Wildman–Crippen LogP) is 5.57. The second kappa shape index (κ2) is 14.9. The first kappa shape index (κ1) is 28.0. The number of allylic oxidation sites excluding steroid dienone is 1. The topological polar surface area (TPSA) is 78.8 Å². The van der Waals surface area contributed by atoms with E-state index >= 15 is 0 Å². The number of hydrogen-bond donors (Lipinski definition) is 3. The van der Waals surface area contributed by atoms with Crippen LogP contribution in [0, 0.1) is 5.92 Å². The lowest BCUT2D eigenvalue weighted by Gasteiger charge is -2.40. The van der Waals surface area contributed by atoms with Gasteiger partial charge in [-0.15, -0.1) is 0 Å². The molecule has 2 atom stereocenters. The number of carbonyl (C=O) groups is 1. The van der Waals surface area contributed by atoms with Gasteiger partial charge in [0.25, 0.3) is 0 Å². The van der Waals surface area contributed by atoms with Crippen molar-refractivity contribution in [2.24, 2.45) is 5.92 Å². The number of ether oxygens (including phenoxy) is 1. The van der Waals surface area contributed by atoms with Gasteiger partial charge in [-0.25, -0.2) is 4.79 Å². The molecule has 0 fully saturated rings. The highest BCUT2D eigenvalue weighted by atomic mass is 16.5. The third-order valence-electron chi connectivity index (χ3n) is 5.77. The molecule has 0 heterocycles. The fraction of sp³-hybridized carbons (Fsp3) is 0.300. The summed E-state index contributed by atoms with van der Waals surface area (Å²) >= 11 is 0. The molecule has 0 amide bonds. The Hall–Kier alpha value is -3.25. The van der Waals surface area contributed by atoms with Crippen LogP contribution in [0.4, 0.5) is 0 Å². The summed E-state index contributed by atoms with van der Waals surface area (Å²) in [5.41, 5.74) is 2.37. The Labute approximate surface area is 209 Å². The minimum Gasteiger partial charge on any atom is -0.479 e. The van der Waals surface area contributed by atoms with Crippen LogP contribution >= 0.6 is 0 Å². The van der Waals surface area contributed by atoms with E-state index in [1.54, 1.807) is 30.3 Å². The van der Waals surface area contributed by atoms with Gasteiger partial charge in [-0.1, -0.05) is 110 Å². The predicted molar refractivity (Wildman–Crippen MR) is 141 cm³/mol. The van der Waals surface area contributed by atoms with Crippen molar-refractivity contribution < 1.29 is 19.7 Å². The lowest BCUT2D eigenvalue weighted by Crippen LogP contribution is -2.43. The second-order valence-electron chi connectivity index (χ2n) is 8.18.